The molecule has 0 saturated heterocycles. The summed E-state index contributed by atoms with van der Waals surface area (Å²) < 4.78 is 32.9. The maximum Gasteiger partial charge on any atom is 0.271 e. The van der Waals surface area contributed by atoms with E-state index in [9.17, 15) is 13.2 Å². The van der Waals surface area contributed by atoms with Crippen LogP contribution in [0.1, 0.15) is 28.4 Å². The molecule has 0 aliphatic carbocycles. The molecule has 2 N–H and O–H groups in total. The number of carbonyl (C=O) groups is 1. The van der Waals surface area contributed by atoms with E-state index >= 15 is 0 Å². The Bertz CT molecular complexity index is 1170. The normalized spacial score (nSPS) is 11.3. The van der Waals surface area contributed by atoms with Gasteiger partial charge in [-0.1, -0.05) is 37.3 Å². The summed E-state index contributed by atoms with van der Waals surface area (Å²) >= 11 is 0. The van der Waals surface area contributed by atoms with Crippen molar-refractivity contribution < 1.29 is 17.9 Å². The number of benzene rings is 3. The summed E-state index contributed by atoms with van der Waals surface area (Å²) in [7, 11) is -2.34. The van der Waals surface area contributed by atoms with E-state index in [4.69, 9.17) is 4.74 Å². The number of nitrogens with one attached hydrogen (secondary N) is 2. The zero-order valence-electron chi connectivity index (χ0n) is 17.2. The van der Waals surface area contributed by atoms with Gasteiger partial charge in [0.25, 0.3) is 15.9 Å². The van der Waals surface area contributed by atoms with Crippen molar-refractivity contribution in [3.63, 3.8) is 0 Å². The van der Waals surface area contributed by atoms with Crippen LogP contribution in [0, 0.1) is 0 Å². The number of sulfonamides is 1. The summed E-state index contributed by atoms with van der Waals surface area (Å²) in [5, 5.41) is 3.95. The molecular formula is C23H23N3O4S. The number of nitrogens with zero attached hydrogens (tertiary/aromatic N) is 1. The third-order valence-electron chi connectivity index (χ3n) is 4.52. The van der Waals surface area contributed by atoms with E-state index in [0.29, 0.717) is 11.4 Å². The molecule has 31 heavy (non-hydrogen) atoms. The number of rotatable bonds is 8. The molecule has 0 heterocycles. The van der Waals surface area contributed by atoms with E-state index < -0.39 is 15.9 Å². The van der Waals surface area contributed by atoms with Gasteiger partial charge in [0.2, 0.25) is 0 Å². The van der Waals surface area contributed by atoms with Crippen LogP contribution < -0.4 is 14.9 Å². The Morgan fingerprint density at radius 2 is 1.74 bits per heavy atom. The molecule has 3 aromatic carbocycles. The smallest absolute Gasteiger partial charge is 0.271 e. The molecule has 1 amide bonds. The molecule has 0 spiro atoms. The highest BCUT2D eigenvalue weighted by atomic mass is 32.2. The number of amides is 1. The minimum absolute atomic E-state index is 0.0323. The van der Waals surface area contributed by atoms with E-state index in [2.05, 4.69) is 22.2 Å². The molecule has 0 atom stereocenters. The minimum atomic E-state index is -3.87. The number of hydrazone groups is 1. The van der Waals surface area contributed by atoms with Crippen molar-refractivity contribution in [2.75, 3.05) is 11.8 Å². The van der Waals surface area contributed by atoms with Crippen LogP contribution in [-0.2, 0) is 16.4 Å². The molecule has 7 nitrogen and oxygen atoms in total. The Hall–Kier alpha value is -3.65. The fraction of sp³-hybridized carbons (Fsp3) is 0.130. The fourth-order valence-corrected chi connectivity index (χ4v) is 3.85. The lowest BCUT2D eigenvalue weighted by Gasteiger charge is -2.09. The Labute approximate surface area is 181 Å². The van der Waals surface area contributed by atoms with Gasteiger partial charge in [-0.25, -0.2) is 13.8 Å². The second-order valence-corrected chi connectivity index (χ2v) is 8.34. The first-order valence-electron chi connectivity index (χ1n) is 9.60. The molecule has 3 aromatic rings. The van der Waals surface area contributed by atoms with Gasteiger partial charge in [-0.15, -0.1) is 0 Å². The van der Waals surface area contributed by atoms with E-state index in [1.807, 2.05) is 24.3 Å². The number of anilines is 1. The molecule has 3 rings (SSSR count). The average Bonchev–Trinajstić information content (AvgIpc) is 2.80. The largest absolute Gasteiger partial charge is 0.497 e. The van der Waals surface area contributed by atoms with Crippen LogP contribution in [0.5, 0.6) is 5.75 Å². The molecule has 160 valence electrons. The molecule has 0 saturated carbocycles. The maximum atomic E-state index is 12.7. The van der Waals surface area contributed by atoms with Gasteiger partial charge < -0.3 is 4.74 Å². The lowest BCUT2D eigenvalue weighted by atomic mass is 10.1. The van der Waals surface area contributed by atoms with Crippen LogP contribution in [-0.4, -0.2) is 27.6 Å². The zero-order valence-corrected chi connectivity index (χ0v) is 18.0. The van der Waals surface area contributed by atoms with Gasteiger partial charge in [-0.05, 0) is 60.0 Å². The van der Waals surface area contributed by atoms with E-state index in [-0.39, 0.29) is 10.5 Å². The molecule has 0 aliphatic rings. The summed E-state index contributed by atoms with van der Waals surface area (Å²) in [4.78, 5) is 12.4. The van der Waals surface area contributed by atoms with Crippen LogP contribution in [0.25, 0.3) is 0 Å². The summed E-state index contributed by atoms with van der Waals surface area (Å²) in [6.07, 6.45) is 2.48. The second kappa shape index (κ2) is 9.90. The zero-order chi connectivity index (χ0) is 22.3. The van der Waals surface area contributed by atoms with Crippen LogP contribution >= 0.6 is 0 Å². The molecule has 0 aromatic heterocycles. The van der Waals surface area contributed by atoms with Crippen molar-refractivity contribution >= 4 is 27.8 Å². The van der Waals surface area contributed by atoms with Crippen LogP contribution in [0.2, 0.25) is 0 Å². The Morgan fingerprint density at radius 1 is 1.03 bits per heavy atom. The first-order chi connectivity index (χ1) is 14.9. The number of aryl methyl sites for hydroxylation is 1. The Balaban J connectivity index is 1.68. The Morgan fingerprint density at radius 3 is 2.39 bits per heavy atom. The quantitative estimate of drug-likeness (QED) is 0.414. The van der Waals surface area contributed by atoms with Crippen molar-refractivity contribution in [1.29, 1.82) is 0 Å². The molecular weight excluding hydrogens is 414 g/mol. The average molecular weight is 438 g/mol. The molecule has 0 unspecified atom stereocenters. The van der Waals surface area contributed by atoms with E-state index in [1.165, 1.54) is 43.2 Å². The molecule has 0 radical (unpaired) electrons. The molecule has 0 aliphatic heterocycles. The van der Waals surface area contributed by atoms with Crippen molar-refractivity contribution in [2.45, 2.75) is 18.2 Å². The number of ether oxygens (including phenoxy) is 1. The third kappa shape index (κ3) is 5.93. The topological polar surface area (TPSA) is 96.9 Å². The lowest BCUT2D eigenvalue weighted by molar-refractivity contribution is 0.0955. The minimum Gasteiger partial charge on any atom is -0.497 e. The molecule has 8 heteroatoms. The highest BCUT2D eigenvalue weighted by Gasteiger charge is 2.16. The molecule has 0 bridgehead atoms. The highest BCUT2D eigenvalue weighted by molar-refractivity contribution is 7.92. The maximum absolute atomic E-state index is 12.7. The van der Waals surface area contributed by atoms with E-state index in [0.717, 1.165) is 12.0 Å². The summed E-state index contributed by atoms with van der Waals surface area (Å²) in [5.74, 6) is 0.103. The van der Waals surface area contributed by atoms with Crippen molar-refractivity contribution in [3.8, 4) is 5.75 Å². The lowest BCUT2D eigenvalue weighted by Crippen LogP contribution is -2.19. The van der Waals surface area contributed by atoms with E-state index in [1.54, 1.807) is 24.3 Å². The van der Waals surface area contributed by atoms with Crippen molar-refractivity contribution in [2.24, 2.45) is 5.10 Å². The van der Waals surface area contributed by atoms with Gasteiger partial charge in [-0.2, -0.15) is 5.10 Å². The van der Waals surface area contributed by atoms with Gasteiger partial charge >= 0.3 is 0 Å². The number of hydrogen-bond acceptors (Lipinski definition) is 5. The SMILES string of the molecule is CCc1ccc(C=NNC(=O)c2cccc(S(=O)(=O)Nc3ccc(OC)cc3)c2)cc1. The predicted molar refractivity (Wildman–Crippen MR) is 121 cm³/mol. The van der Waals surface area contributed by atoms with Gasteiger partial charge in [0.05, 0.1) is 18.2 Å². The van der Waals surface area contributed by atoms with Crippen LogP contribution in [0.4, 0.5) is 5.69 Å². The van der Waals surface area contributed by atoms with Gasteiger partial charge in [-0.3, -0.25) is 9.52 Å². The molecule has 0 fully saturated rings. The summed E-state index contributed by atoms with van der Waals surface area (Å²) in [5.41, 5.74) is 5.03. The third-order valence-corrected chi connectivity index (χ3v) is 5.90. The number of carbonyl (C=O) groups excluding carboxylic acids is 1. The highest BCUT2D eigenvalue weighted by Crippen LogP contribution is 2.20. The van der Waals surface area contributed by atoms with Crippen LogP contribution in [0.15, 0.2) is 82.8 Å². The Kier molecular flexibility index (Phi) is 7.04. The monoisotopic (exact) mass is 437 g/mol. The fourth-order valence-electron chi connectivity index (χ4n) is 2.75. The first kappa shape index (κ1) is 22.0. The van der Waals surface area contributed by atoms with Crippen molar-refractivity contribution in [1.82, 2.24) is 5.43 Å². The number of hydrogen-bond donors (Lipinski definition) is 2. The first-order valence-corrected chi connectivity index (χ1v) is 11.1. The van der Waals surface area contributed by atoms with Gasteiger partial charge in [0.15, 0.2) is 0 Å². The standard InChI is InChI=1S/C23H23N3O4S/c1-3-17-7-9-18(10-8-17)16-24-25-23(27)19-5-4-6-22(15-19)31(28,29)26-20-11-13-21(30-2)14-12-20/h4-16,26H,3H2,1-2H3,(H,25,27). The van der Waals surface area contributed by atoms with Gasteiger partial charge in [0.1, 0.15) is 5.75 Å². The van der Waals surface area contributed by atoms with Crippen LogP contribution in [0.3, 0.4) is 0 Å². The predicted octanol–water partition coefficient (Wildman–Crippen LogP) is 3.82. The second-order valence-electron chi connectivity index (χ2n) is 6.66. The van der Waals surface area contributed by atoms with Crippen molar-refractivity contribution in [3.05, 3.63) is 89.5 Å². The summed E-state index contributed by atoms with van der Waals surface area (Å²) in [6, 6.07) is 20.0. The summed E-state index contributed by atoms with van der Waals surface area (Å²) in [6.45, 7) is 2.07. The number of methoxy groups -OCH3 is 1. The van der Waals surface area contributed by atoms with Gasteiger partial charge in [0, 0.05) is 11.3 Å².